The van der Waals surface area contributed by atoms with Crippen molar-refractivity contribution < 1.29 is 8.83 Å². The van der Waals surface area contributed by atoms with Crippen LogP contribution in [-0.4, -0.2) is 0 Å². The van der Waals surface area contributed by atoms with E-state index in [2.05, 4.69) is 205 Å². The summed E-state index contributed by atoms with van der Waals surface area (Å²) in [7, 11) is 0. The van der Waals surface area contributed by atoms with E-state index in [1.807, 2.05) is 12.1 Å². The van der Waals surface area contributed by atoms with Gasteiger partial charge in [0.2, 0.25) is 0 Å². The van der Waals surface area contributed by atoms with Crippen LogP contribution in [-0.2, 0) is 0 Å². The summed E-state index contributed by atoms with van der Waals surface area (Å²) in [5.74, 6) is 0. The van der Waals surface area contributed by atoms with Gasteiger partial charge in [0.05, 0.1) is 11.1 Å². The average Bonchev–Trinajstić information content (AvgIpc) is 3.88. The Labute approximate surface area is 340 Å². The van der Waals surface area contributed by atoms with E-state index in [9.17, 15) is 0 Å². The van der Waals surface area contributed by atoms with Gasteiger partial charge in [0.1, 0.15) is 22.3 Å². The quantitative estimate of drug-likeness (QED) is 0.169. The lowest BCUT2D eigenvalue weighted by atomic mass is 9.95. The molecule has 3 nitrogen and oxygen atoms in total. The van der Waals surface area contributed by atoms with Gasteiger partial charge >= 0.3 is 0 Å². The Hall–Kier alpha value is -7.88. The molecule has 59 heavy (non-hydrogen) atoms. The van der Waals surface area contributed by atoms with E-state index in [4.69, 9.17) is 8.83 Å². The summed E-state index contributed by atoms with van der Waals surface area (Å²) in [4.78, 5) is 2.37. The first-order chi connectivity index (χ1) is 29.2. The second kappa shape index (κ2) is 13.4. The first-order valence-corrected chi connectivity index (χ1v) is 20.1. The van der Waals surface area contributed by atoms with Crippen molar-refractivity contribution in [3.63, 3.8) is 0 Å². The number of benzene rings is 10. The second-order valence-corrected chi connectivity index (χ2v) is 15.3. The molecule has 0 aliphatic heterocycles. The van der Waals surface area contributed by atoms with Crippen molar-refractivity contribution in [1.29, 1.82) is 0 Å². The van der Waals surface area contributed by atoms with Crippen LogP contribution in [0.5, 0.6) is 0 Å². The van der Waals surface area contributed by atoms with E-state index in [1.165, 1.54) is 27.5 Å². The number of furan rings is 2. The highest BCUT2D eigenvalue weighted by Crippen LogP contribution is 2.45. The molecular formula is C56H35NO2. The second-order valence-electron chi connectivity index (χ2n) is 15.3. The standard InChI is InChI=1S/C56H35NO2/c1-3-18-45-37(11-1)13-9-21-46(45)42-16-7-14-39(33-42)36-25-29-43(30-26-36)57(51-22-10-24-54-55(51)49-31-27-38-12-2-4-19-47(38)56(49)59-54)44-17-8-15-40(34-44)41-28-32-53-50(35-41)48-20-5-6-23-52(48)58-53/h1-35H. The van der Waals surface area contributed by atoms with E-state index in [-0.39, 0.29) is 0 Å². The van der Waals surface area contributed by atoms with E-state index < -0.39 is 0 Å². The Kier molecular flexibility index (Phi) is 7.54. The predicted octanol–water partition coefficient (Wildman–Crippen LogP) is 16.3. The zero-order valence-corrected chi connectivity index (χ0v) is 32.0. The lowest BCUT2D eigenvalue weighted by Crippen LogP contribution is -2.10. The summed E-state index contributed by atoms with van der Waals surface area (Å²) in [6, 6.07) is 75.8. The first kappa shape index (κ1) is 33.3. The molecule has 10 aromatic carbocycles. The van der Waals surface area contributed by atoms with Gasteiger partial charge in [-0.1, -0.05) is 146 Å². The summed E-state index contributed by atoms with van der Waals surface area (Å²) in [6.07, 6.45) is 0. The molecule has 0 N–H and O–H groups in total. The van der Waals surface area contributed by atoms with Gasteiger partial charge in [0.25, 0.3) is 0 Å². The molecule has 0 fully saturated rings. The maximum atomic E-state index is 6.71. The number of nitrogens with zero attached hydrogens (tertiary/aromatic N) is 1. The topological polar surface area (TPSA) is 29.5 Å². The van der Waals surface area contributed by atoms with Crippen molar-refractivity contribution in [2.24, 2.45) is 0 Å². The van der Waals surface area contributed by atoms with Crippen molar-refractivity contribution in [2.45, 2.75) is 0 Å². The van der Waals surface area contributed by atoms with Gasteiger partial charge in [-0.25, -0.2) is 0 Å². The maximum absolute atomic E-state index is 6.71. The van der Waals surface area contributed by atoms with Gasteiger partial charge < -0.3 is 13.7 Å². The molecule has 276 valence electrons. The lowest BCUT2D eigenvalue weighted by molar-refractivity contribution is 0.669. The molecule has 0 spiro atoms. The molecule has 0 radical (unpaired) electrons. The van der Waals surface area contributed by atoms with E-state index >= 15 is 0 Å². The lowest BCUT2D eigenvalue weighted by Gasteiger charge is -2.27. The fraction of sp³-hybridized carbons (Fsp3) is 0. The van der Waals surface area contributed by atoms with Gasteiger partial charge in [-0.2, -0.15) is 0 Å². The Morgan fingerprint density at radius 3 is 1.81 bits per heavy atom. The molecule has 12 rings (SSSR count). The molecule has 0 amide bonds. The Balaban J connectivity index is 1.01. The van der Waals surface area contributed by atoms with Crippen LogP contribution in [0.3, 0.4) is 0 Å². The largest absolute Gasteiger partial charge is 0.456 e. The molecule has 0 unspecified atom stereocenters. The normalized spacial score (nSPS) is 11.7. The smallest absolute Gasteiger partial charge is 0.143 e. The molecule has 0 aliphatic rings. The minimum atomic E-state index is 0.856. The van der Waals surface area contributed by atoms with Gasteiger partial charge in [-0.15, -0.1) is 0 Å². The third-order valence-electron chi connectivity index (χ3n) is 11.8. The third-order valence-corrected chi connectivity index (χ3v) is 11.8. The summed E-state index contributed by atoms with van der Waals surface area (Å²) in [5, 5.41) is 9.18. The fourth-order valence-electron chi connectivity index (χ4n) is 9.03. The van der Waals surface area contributed by atoms with Crippen LogP contribution >= 0.6 is 0 Å². The fourth-order valence-corrected chi connectivity index (χ4v) is 9.03. The summed E-state index contributed by atoms with van der Waals surface area (Å²) in [6.45, 7) is 0. The van der Waals surface area contributed by atoms with Crippen molar-refractivity contribution in [2.75, 3.05) is 4.90 Å². The highest BCUT2D eigenvalue weighted by Gasteiger charge is 2.21. The van der Waals surface area contributed by atoms with Crippen LogP contribution < -0.4 is 4.90 Å². The number of hydrogen-bond donors (Lipinski definition) is 0. The minimum absolute atomic E-state index is 0.856. The Morgan fingerprint density at radius 2 is 0.932 bits per heavy atom. The van der Waals surface area contributed by atoms with Gasteiger partial charge in [0, 0.05) is 32.9 Å². The molecule has 0 saturated carbocycles. The average molecular weight is 754 g/mol. The summed E-state index contributed by atoms with van der Waals surface area (Å²) in [5.41, 5.74) is 13.7. The first-order valence-electron chi connectivity index (χ1n) is 20.1. The van der Waals surface area contributed by atoms with Crippen LogP contribution in [0.4, 0.5) is 17.1 Å². The molecule has 2 heterocycles. The van der Waals surface area contributed by atoms with Gasteiger partial charge in [0.15, 0.2) is 0 Å². The minimum Gasteiger partial charge on any atom is -0.456 e. The van der Waals surface area contributed by atoms with Crippen LogP contribution in [0.1, 0.15) is 0 Å². The van der Waals surface area contributed by atoms with Crippen molar-refractivity contribution in [3.05, 3.63) is 212 Å². The number of hydrogen-bond acceptors (Lipinski definition) is 3. The van der Waals surface area contributed by atoms with Gasteiger partial charge in [-0.05, 0) is 116 Å². The van der Waals surface area contributed by atoms with Gasteiger partial charge in [-0.3, -0.25) is 0 Å². The Morgan fingerprint density at radius 1 is 0.305 bits per heavy atom. The predicted molar refractivity (Wildman–Crippen MR) is 247 cm³/mol. The number of fused-ring (bicyclic) bond motifs is 9. The van der Waals surface area contributed by atoms with E-state index in [0.717, 1.165) is 88.4 Å². The van der Waals surface area contributed by atoms with Crippen molar-refractivity contribution in [1.82, 2.24) is 0 Å². The molecule has 0 atom stereocenters. The van der Waals surface area contributed by atoms with Crippen LogP contribution in [0.25, 0.3) is 98.8 Å². The monoisotopic (exact) mass is 753 g/mol. The van der Waals surface area contributed by atoms with Crippen molar-refractivity contribution in [3.8, 4) is 33.4 Å². The molecule has 0 bridgehead atoms. The van der Waals surface area contributed by atoms with Crippen LogP contribution in [0.2, 0.25) is 0 Å². The SMILES string of the molecule is c1cc(-c2ccc(N(c3cccc(-c4ccc5oc6ccccc6c5c4)c3)c3cccc4oc5c6ccccc6ccc5c34)cc2)cc(-c2cccc3ccccc23)c1. The summed E-state index contributed by atoms with van der Waals surface area (Å²) >= 11 is 0. The molecule has 3 heteroatoms. The molecule has 0 saturated heterocycles. The number of rotatable bonds is 6. The third kappa shape index (κ3) is 5.51. The molecule has 12 aromatic rings. The van der Waals surface area contributed by atoms with Crippen molar-refractivity contribution >= 4 is 82.5 Å². The highest BCUT2D eigenvalue weighted by atomic mass is 16.3. The Bertz CT molecular complexity index is 3570. The zero-order valence-electron chi connectivity index (χ0n) is 32.0. The van der Waals surface area contributed by atoms with Crippen LogP contribution in [0, 0.1) is 0 Å². The molecule has 2 aromatic heterocycles. The number of para-hydroxylation sites is 1. The van der Waals surface area contributed by atoms with E-state index in [1.54, 1.807) is 0 Å². The van der Waals surface area contributed by atoms with E-state index in [0.29, 0.717) is 0 Å². The zero-order chi connectivity index (χ0) is 38.9. The number of anilines is 3. The van der Waals surface area contributed by atoms with Crippen LogP contribution in [0.15, 0.2) is 221 Å². The molecule has 0 aliphatic carbocycles. The maximum Gasteiger partial charge on any atom is 0.143 e. The highest BCUT2D eigenvalue weighted by molar-refractivity contribution is 6.19. The molecular weight excluding hydrogens is 719 g/mol. The summed E-state index contributed by atoms with van der Waals surface area (Å²) < 4.78 is 12.9.